The maximum Gasteiger partial charge on any atom is 0.268 e. The third kappa shape index (κ3) is 4.61. The number of rotatable bonds is 3. The highest BCUT2D eigenvalue weighted by molar-refractivity contribution is 7.90. The van der Waals surface area contributed by atoms with Gasteiger partial charge in [-0.2, -0.15) is 8.75 Å². The molecule has 0 aliphatic heterocycles. The normalized spacial score (nSPS) is 11.7. The first kappa shape index (κ1) is 24.0. The van der Waals surface area contributed by atoms with Gasteiger partial charge in [-0.3, -0.25) is 0 Å². The van der Waals surface area contributed by atoms with E-state index >= 15 is 0 Å². The van der Waals surface area contributed by atoms with Gasteiger partial charge in [0.2, 0.25) is 0 Å². The summed E-state index contributed by atoms with van der Waals surface area (Å²) >= 11 is 15.5. The average Bonchev–Trinajstić information content (AvgIpc) is 3.37. The van der Waals surface area contributed by atoms with Gasteiger partial charge in [0.15, 0.2) is 4.30 Å². The molecule has 0 unspecified atom stereocenters. The fraction of sp³-hybridized carbons (Fsp3) is 0.130. The summed E-state index contributed by atoms with van der Waals surface area (Å²) in [6.07, 6.45) is 0. The van der Waals surface area contributed by atoms with E-state index in [2.05, 4.69) is 8.75 Å². The van der Waals surface area contributed by atoms with E-state index in [1.807, 2.05) is 68.4 Å². The van der Waals surface area contributed by atoms with Crippen LogP contribution in [0.4, 0.5) is 0 Å². The van der Waals surface area contributed by atoms with Crippen LogP contribution in [-0.4, -0.2) is 25.4 Å². The third-order valence-electron chi connectivity index (χ3n) is 5.19. The molecule has 10 heteroatoms. The van der Waals surface area contributed by atoms with E-state index < -0.39 is 14.3 Å². The fourth-order valence-electron chi connectivity index (χ4n) is 3.74. The zero-order chi connectivity index (χ0) is 23.8. The summed E-state index contributed by atoms with van der Waals surface area (Å²) in [5, 5.41) is 0.901. The molecule has 5 rings (SSSR count). The van der Waals surface area contributed by atoms with Crippen molar-refractivity contribution in [2.24, 2.45) is 0 Å². The summed E-state index contributed by atoms with van der Waals surface area (Å²) < 4.78 is 37.0. The quantitative estimate of drug-likeness (QED) is 0.229. The summed E-state index contributed by atoms with van der Waals surface area (Å²) in [5.41, 5.74) is 5.43. The first-order valence-corrected chi connectivity index (χ1v) is 13.3. The number of fused-ring (bicyclic) bond motifs is 2. The van der Waals surface area contributed by atoms with Crippen LogP contribution in [0.3, 0.4) is 0 Å². The largest absolute Gasteiger partial charge is 0.268 e. The van der Waals surface area contributed by atoms with Crippen LogP contribution in [0.5, 0.6) is 0 Å². The number of alkyl halides is 3. The van der Waals surface area contributed by atoms with Crippen molar-refractivity contribution in [1.29, 1.82) is 0 Å². The van der Waals surface area contributed by atoms with Crippen LogP contribution in [0.25, 0.3) is 33.2 Å². The molecule has 2 aromatic heterocycles. The lowest BCUT2D eigenvalue weighted by Gasteiger charge is -2.13. The monoisotopic (exact) mass is 537 g/mol. The van der Waals surface area contributed by atoms with Gasteiger partial charge >= 0.3 is 0 Å². The number of nitrogens with zero attached hydrogens (tertiary/aromatic N) is 3. The van der Waals surface area contributed by atoms with E-state index in [9.17, 15) is 8.42 Å². The molecule has 5 aromatic rings. The molecule has 170 valence electrons. The van der Waals surface area contributed by atoms with E-state index in [-0.39, 0.29) is 4.90 Å². The van der Waals surface area contributed by atoms with Crippen molar-refractivity contribution in [3.8, 4) is 11.3 Å². The molecule has 0 saturated carbocycles. The Balaban J connectivity index is 0.000000601. The smallest absolute Gasteiger partial charge is 0.233 e. The van der Waals surface area contributed by atoms with Gasteiger partial charge in [-0.05, 0) is 43.7 Å². The highest BCUT2D eigenvalue weighted by atomic mass is 35.6. The van der Waals surface area contributed by atoms with Gasteiger partial charge in [0.05, 0.1) is 27.8 Å². The third-order valence-corrected chi connectivity index (χ3v) is 7.46. The molecule has 0 N–H and O–H groups in total. The van der Waals surface area contributed by atoms with Crippen molar-refractivity contribution in [2.45, 2.75) is 23.0 Å². The SMILES string of the molecule is Cc1ccc(S(=O)(=O)n2c(-c3cccc4nsnc34)c(C)c3ccccc32)cc1.ClC(Cl)Cl. The predicted octanol–water partition coefficient (Wildman–Crippen LogP) is 7.15. The maximum absolute atomic E-state index is 13.8. The predicted molar refractivity (Wildman–Crippen MR) is 138 cm³/mol. The summed E-state index contributed by atoms with van der Waals surface area (Å²) in [5.74, 6) is 0. The van der Waals surface area contributed by atoms with Crippen LogP contribution in [-0.2, 0) is 10.0 Å². The van der Waals surface area contributed by atoms with Crippen LogP contribution in [0.15, 0.2) is 71.6 Å². The van der Waals surface area contributed by atoms with Crippen LogP contribution in [0, 0.1) is 13.8 Å². The van der Waals surface area contributed by atoms with Gasteiger partial charge in [-0.15, -0.1) is 0 Å². The molecular formula is C23H18Cl3N3O2S2. The molecule has 0 atom stereocenters. The molecule has 0 radical (unpaired) electrons. The number of hydrogen-bond acceptors (Lipinski definition) is 5. The van der Waals surface area contributed by atoms with Gasteiger partial charge < -0.3 is 0 Å². The Kier molecular flexibility index (Phi) is 6.98. The fourth-order valence-corrected chi connectivity index (χ4v) is 5.88. The lowest BCUT2D eigenvalue weighted by Crippen LogP contribution is -2.14. The summed E-state index contributed by atoms with van der Waals surface area (Å²) in [6, 6.07) is 20.2. The van der Waals surface area contributed by atoms with E-state index in [0.29, 0.717) is 16.7 Å². The van der Waals surface area contributed by atoms with Crippen LogP contribution in [0.1, 0.15) is 11.1 Å². The molecule has 2 heterocycles. The van der Waals surface area contributed by atoms with Gasteiger partial charge in [0.25, 0.3) is 10.0 Å². The molecule has 0 spiro atoms. The standard InChI is InChI=1S/C22H17N3O2S2.CHCl3/c1-14-10-12-16(13-11-14)29(26,27)25-20-9-4-3-6-17(20)15(2)22(25)18-7-5-8-19-21(18)24-28-23-19;2-1(3)4/h3-13H,1-2H3;1H. The first-order chi connectivity index (χ1) is 15.7. The second kappa shape index (κ2) is 9.60. The van der Waals surface area contributed by atoms with Crippen LogP contribution >= 0.6 is 46.5 Å². The Labute approximate surface area is 210 Å². The number of benzene rings is 3. The lowest BCUT2D eigenvalue weighted by molar-refractivity contribution is 0.589. The summed E-state index contributed by atoms with van der Waals surface area (Å²) in [7, 11) is -3.82. The number of aryl methyl sites for hydroxylation is 2. The van der Waals surface area contributed by atoms with Crippen LogP contribution < -0.4 is 0 Å². The molecule has 0 saturated heterocycles. The first-order valence-electron chi connectivity index (χ1n) is 9.78. The van der Waals surface area contributed by atoms with Gasteiger partial charge in [-0.1, -0.05) is 82.8 Å². The minimum atomic E-state index is -3.82. The minimum Gasteiger partial charge on any atom is -0.233 e. The number of aromatic nitrogens is 3. The highest BCUT2D eigenvalue weighted by Gasteiger charge is 2.27. The number of hydrogen-bond donors (Lipinski definition) is 0. The van der Waals surface area contributed by atoms with Crippen molar-refractivity contribution >= 4 is 78.5 Å². The second-order valence-electron chi connectivity index (χ2n) is 7.26. The Bertz CT molecular complexity index is 1540. The van der Waals surface area contributed by atoms with E-state index in [4.69, 9.17) is 34.8 Å². The van der Waals surface area contributed by atoms with Crippen molar-refractivity contribution in [3.63, 3.8) is 0 Å². The molecule has 33 heavy (non-hydrogen) atoms. The van der Waals surface area contributed by atoms with Gasteiger partial charge in [0.1, 0.15) is 11.0 Å². The zero-order valence-electron chi connectivity index (χ0n) is 17.5. The molecule has 0 fully saturated rings. The van der Waals surface area contributed by atoms with E-state index in [0.717, 1.165) is 39.3 Å². The topological polar surface area (TPSA) is 64.8 Å². The molecule has 0 aliphatic rings. The maximum atomic E-state index is 13.8. The molecule has 0 bridgehead atoms. The minimum absolute atomic E-state index is 0.258. The number of para-hydroxylation sites is 1. The Morgan fingerprint density at radius 3 is 2.24 bits per heavy atom. The second-order valence-corrected chi connectivity index (χ2v) is 11.6. The molecule has 0 aliphatic carbocycles. The zero-order valence-corrected chi connectivity index (χ0v) is 21.4. The van der Waals surface area contributed by atoms with Crippen molar-refractivity contribution in [2.75, 3.05) is 0 Å². The Hall–Kier alpha value is -2.16. The van der Waals surface area contributed by atoms with Crippen LogP contribution in [0.2, 0.25) is 0 Å². The Morgan fingerprint density at radius 1 is 0.879 bits per heavy atom. The molecule has 5 nitrogen and oxygen atoms in total. The van der Waals surface area contributed by atoms with Crippen molar-refractivity contribution < 1.29 is 8.42 Å². The van der Waals surface area contributed by atoms with E-state index in [1.54, 1.807) is 12.1 Å². The van der Waals surface area contributed by atoms with Crippen molar-refractivity contribution in [3.05, 3.63) is 77.9 Å². The molecular weight excluding hydrogens is 521 g/mol. The van der Waals surface area contributed by atoms with Gasteiger partial charge in [-0.25, -0.2) is 12.4 Å². The molecule has 0 amide bonds. The molecule has 3 aromatic carbocycles. The Morgan fingerprint density at radius 2 is 1.55 bits per heavy atom. The lowest BCUT2D eigenvalue weighted by atomic mass is 10.1. The number of halogens is 3. The average molecular weight is 539 g/mol. The summed E-state index contributed by atoms with van der Waals surface area (Å²) in [6.45, 7) is 3.89. The summed E-state index contributed by atoms with van der Waals surface area (Å²) in [4.78, 5) is 0.258. The highest BCUT2D eigenvalue weighted by Crippen LogP contribution is 2.38. The van der Waals surface area contributed by atoms with Gasteiger partial charge in [0, 0.05) is 10.9 Å². The van der Waals surface area contributed by atoms with Crippen molar-refractivity contribution in [1.82, 2.24) is 12.7 Å². The van der Waals surface area contributed by atoms with E-state index in [1.165, 1.54) is 3.97 Å².